The van der Waals surface area contributed by atoms with Crippen molar-refractivity contribution in [3.8, 4) is 12.1 Å². The van der Waals surface area contributed by atoms with Gasteiger partial charge in [-0.05, 0) is 30.8 Å². The van der Waals surface area contributed by atoms with Crippen LogP contribution < -0.4 is 0 Å². The zero-order valence-corrected chi connectivity index (χ0v) is 7.35. The normalized spacial score (nSPS) is 16.1. The molecule has 0 bridgehead atoms. The largest absolute Gasteiger partial charge is 0.144 e. The molecule has 0 N–H and O–H groups in total. The van der Waals surface area contributed by atoms with Gasteiger partial charge in [0.25, 0.3) is 0 Å². The van der Waals surface area contributed by atoms with Gasteiger partial charge in [0.2, 0.25) is 0 Å². The highest BCUT2D eigenvalue weighted by Gasteiger charge is 2.19. The van der Waals surface area contributed by atoms with E-state index in [-0.39, 0.29) is 0 Å². The quantitative estimate of drug-likeness (QED) is 0.433. The summed E-state index contributed by atoms with van der Waals surface area (Å²) in [6.45, 7) is 0. The van der Waals surface area contributed by atoms with Crippen LogP contribution in [0.2, 0.25) is 0 Å². The fourth-order valence-corrected chi connectivity index (χ4v) is 1.28. The number of hydrogen-bond acceptors (Lipinski definition) is 0. The third-order valence-electron chi connectivity index (χ3n) is 2.19. The number of rotatable bonds is 5. The molecule has 0 heterocycles. The van der Waals surface area contributed by atoms with Crippen molar-refractivity contribution < 1.29 is 4.39 Å². The second kappa shape index (κ2) is 5.83. The van der Waals surface area contributed by atoms with Gasteiger partial charge in [-0.15, -0.1) is 4.39 Å². The Hall–Kier alpha value is -0.770. The van der Waals surface area contributed by atoms with Gasteiger partial charge in [0.1, 0.15) is 6.17 Å². The molecule has 0 aliphatic heterocycles. The third-order valence-corrected chi connectivity index (χ3v) is 2.19. The average molecular weight is 166 g/mol. The Bertz CT molecular complexity index is 191. The van der Waals surface area contributed by atoms with Crippen molar-refractivity contribution >= 4 is 0 Å². The molecule has 0 unspecified atom stereocenters. The molecule has 66 valence electrons. The fourth-order valence-electron chi connectivity index (χ4n) is 1.28. The van der Waals surface area contributed by atoms with E-state index in [1.165, 1.54) is 38.3 Å². The minimum Gasteiger partial charge on any atom is -0.144 e. The van der Waals surface area contributed by atoms with Crippen molar-refractivity contribution in [2.75, 3.05) is 0 Å². The molecule has 1 aliphatic rings. The highest BCUT2D eigenvalue weighted by molar-refractivity contribution is 5.11. The molecule has 12 heavy (non-hydrogen) atoms. The van der Waals surface area contributed by atoms with Gasteiger partial charge in [-0.2, -0.15) is 0 Å². The summed E-state index contributed by atoms with van der Waals surface area (Å²) >= 11 is 0. The lowest BCUT2D eigenvalue weighted by Gasteiger charge is -1.93. The van der Waals surface area contributed by atoms with Gasteiger partial charge in [0, 0.05) is 0 Å². The van der Waals surface area contributed by atoms with E-state index in [0.717, 1.165) is 12.3 Å². The molecule has 1 fully saturated rings. The molecule has 0 aromatic carbocycles. The van der Waals surface area contributed by atoms with Gasteiger partial charge in [-0.1, -0.05) is 31.8 Å². The van der Waals surface area contributed by atoms with Gasteiger partial charge in [-0.3, -0.25) is 0 Å². The highest BCUT2D eigenvalue weighted by atomic mass is 19.1. The maximum atomic E-state index is 11.3. The van der Waals surface area contributed by atoms with Crippen LogP contribution in [0.15, 0.2) is 12.2 Å². The van der Waals surface area contributed by atoms with Crippen LogP contribution in [-0.4, -0.2) is 0 Å². The molecule has 0 saturated heterocycles. The summed E-state index contributed by atoms with van der Waals surface area (Å²) in [6.07, 6.45) is 12.8. The first-order valence-corrected chi connectivity index (χ1v) is 4.69. The SMILES string of the molecule is FC#CC=CCCCCC1CC1. The summed E-state index contributed by atoms with van der Waals surface area (Å²) in [5.41, 5.74) is 0. The van der Waals surface area contributed by atoms with Gasteiger partial charge in [0.15, 0.2) is 0 Å². The van der Waals surface area contributed by atoms with E-state index in [0.29, 0.717) is 0 Å². The third kappa shape index (κ3) is 4.96. The summed E-state index contributed by atoms with van der Waals surface area (Å²) in [6, 6.07) is 0. The Kier molecular flexibility index (Phi) is 4.52. The minimum absolute atomic E-state index is 1.04. The topological polar surface area (TPSA) is 0 Å². The van der Waals surface area contributed by atoms with Crippen molar-refractivity contribution in [3.05, 3.63) is 12.2 Å². The highest BCUT2D eigenvalue weighted by Crippen LogP contribution is 2.33. The van der Waals surface area contributed by atoms with Crippen LogP contribution in [0.5, 0.6) is 0 Å². The molecule has 0 aromatic rings. The van der Waals surface area contributed by atoms with E-state index < -0.39 is 0 Å². The lowest BCUT2D eigenvalue weighted by Crippen LogP contribution is -1.77. The first-order valence-electron chi connectivity index (χ1n) is 4.69. The Labute approximate surface area is 73.9 Å². The summed E-state index contributed by atoms with van der Waals surface area (Å²) in [5.74, 6) is 3.30. The maximum absolute atomic E-state index is 11.3. The van der Waals surface area contributed by atoms with E-state index in [4.69, 9.17) is 0 Å². The van der Waals surface area contributed by atoms with Crippen molar-refractivity contribution in [1.29, 1.82) is 0 Å². The molecule has 0 spiro atoms. The zero-order chi connectivity index (χ0) is 8.65. The lowest BCUT2D eigenvalue weighted by atomic mass is 10.1. The van der Waals surface area contributed by atoms with Crippen molar-refractivity contribution in [2.45, 2.75) is 38.5 Å². The van der Waals surface area contributed by atoms with Crippen LogP contribution in [0, 0.1) is 18.0 Å². The average Bonchev–Trinajstić information content (AvgIpc) is 2.87. The Morgan fingerprint density at radius 3 is 2.83 bits per heavy atom. The molecular formula is C11H15F. The standard InChI is InChI=1S/C11H15F/c12-10-6-4-2-1-3-5-7-11-8-9-11/h2,4,11H,1,3,5,7-9H2. The molecule has 1 aliphatic carbocycles. The molecule has 0 atom stereocenters. The fraction of sp³-hybridized carbons (Fsp3) is 0.636. The van der Waals surface area contributed by atoms with Crippen LogP contribution in [0.4, 0.5) is 4.39 Å². The number of hydrogen-bond donors (Lipinski definition) is 0. The Morgan fingerprint density at radius 1 is 1.33 bits per heavy atom. The molecular weight excluding hydrogens is 151 g/mol. The van der Waals surface area contributed by atoms with Crippen molar-refractivity contribution in [2.24, 2.45) is 5.92 Å². The first-order chi connectivity index (χ1) is 5.93. The second-order valence-electron chi connectivity index (χ2n) is 3.37. The predicted molar refractivity (Wildman–Crippen MR) is 49.2 cm³/mol. The van der Waals surface area contributed by atoms with Crippen LogP contribution >= 0.6 is 0 Å². The van der Waals surface area contributed by atoms with Gasteiger partial charge in [-0.25, -0.2) is 0 Å². The molecule has 0 nitrogen and oxygen atoms in total. The maximum Gasteiger partial charge on any atom is 0.110 e. The van der Waals surface area contributed by atoms with Gasteiger partial charge >= 0.3 is 0 Å². The Balaban J connectivity index is 1.83. The monoisotopic (exact) mass is 166 g/mol. The van der Waals surface area contributed by atoms with E-state index in [9.17, 15) is 4.39 Å². The molecule has 0 aromatic heterocycles. The van der Waals surface area contributed by atoms with Crippen LogP contribution in [0.1, 0.15) is 38.5 Å². The lowest BCUT2D eigenvalue weighted by molar-refractivity contribution is 0.634. The number of halogens is 1. The van der Waals surface area contributed by atoms with Gasteiger partial charge < -0.3 is 0 Å². The smallest absolute Gasteiger partial charge is 0.110 e. The van der Waals surface area contributed by atoms with Gasteiger partial charge in [0.05, 0.1) is 0 Å². The van der Waals surface area contributed by atoms with Crippen molar-refractivity contribution in [3.63, 3.8) is 0 Å². The first kappa shape index (κ1) is 9.32. The van der Waals surface area contributed by atoms with Crippen LogP contribution in [0.25, 0.3) is 0 Å². The van der Waals surface area contributed by atoms with E-state index in [2.05, 4.69) is 5.92 Å². The molecule has 0 amide bonds. The molecule has 1 heteroatoms. The summed E-state index contributed by atoms with van der Waals surface area (Å²) in [7, 11) is 0. The van der Waals surface area contributed by atoms with Crippen LogP contribution in [-0.2, 0) is 0 Å². The number of allylic oxidation sites excluding steroid dienone is 2. The second-order valence-corrected chi connectivity index (χ2v) is 3.37. The molecule has 1 rings (SSSR count). The number of unbranched alkanes of at least 4 members (excludes halogenated alkanes) is 2. The summed E-state index contributed by atoms with van der Waals surface area (Å²) in [4.78, 5) is 0. The predicted octanol–water partition coefficient (Wildman–Crippen LogP) is 3.44. The van der Waals surface area contributed by atoms with Crippen LogP contribution in [0.3, 0.4) is 0 Å². The molecule has 0 radical (unpaired) electrons. The summed E-state index contributed by atoms with van der Waals surface area (Å²) in [5, 5.41) is 0. The van der Waals surface area contributed by atoms with E-state index >= 15 is 0 Å². The molecule has 1 saturated carbocycles. The van der Waals surface area contributed by atoms with E-state index in [1.54, 1.807) is 6.08 Å². The minimum atomic E-state index is 1.04. The van der Waals surface area contributed by atoms with Crippen molar-refractivity contribution in [1.82, 2.24) is 0 Å². The van der Waals surface area contributed by atoms with E-state index in [1.807, 2.05) is 6.08 Å². The Morgan fingerprint density at radius 2 is 2.17 bits per heavy atom. The zero-order valence-electron chi connectivity index (χ0n) is 7.35. The summed E-state index contributed by atoms with van der Waals surface area (Å²) < 4.78 is 11.3.